The van der Waals surface area contributed by atoms with Crippen molar-refractivity contribution in [3.63, 3.8) is 0 Å². The van der Waals surface area contributed by atoms with Crippen molar-refractivity contribution in [2.24, 2.45) is 0 Å². The fourth-order valence-corrected chi connectivity index (χ4v) is 2.78. The Labute approximate surface area is 97.3 Å². The summed E-state index contributed by atoms with van der Waals surface area (Å²) in [7, 11) is 0. The van der Waals surface area contributed by atoms with Gasteiger partial charge >= 0.3 is 0 Å². The summed E-state index contributed by atoms with van der Waals surface area (Å²) in [5.41, 5.74) is 1.34. The molecule has 1 heterocycles. The minimum atomic E-state index is 0.134. The molecule has 1 fully saturated rings. The Kier molecular flexibility index (Phi) is 3.39. The number of hydrogen-bond donors (Lipinski definition) is 0. The SMILES string of the molecule is CCN1C(c2ccccc2)CC[C@H]1C(C)=O. The van der Waals surface area contributed by atoms with E-state index in [1.165, 1.54) is 5.56 Å². The Balaban J connectivity index is 2.21. The van der Waals surface area contributed by atoms with Crippen LogP contribution >= 0.6 is 0 Å². The van der Waals surface area contributed by atoms with Gasteiger partial charge in [-0.3, -0.25) is 9.69 Å². The highest BCUT2D eigenvalue weighted by Crippen LogP contribution is 2.35. The number of rotatable bonds is 3. The molecule has 1 aliphatic heterocycles. The van der Waals surface area contributed by atoms with Gasteiger partial charge in [0.1, 0.15) is 5.78 Å². The summed E-state index contributed by atoms with van der Waals surface area (Å²) in [6, 6.07) is 11.1. The topological polar surface area (TPSA) is 20.3 Å². The van der Waals surface area contributed by atoms with Crippen molar-refractivity contribution < 1.29 is 4.79 Å². The van der Waals surface area contributed by atoms with E-state index in [1.54, 1.807) is 6.92 Å². The van der Waals surface area contributed by atoms with Crippen LogP contribution in [0.5, 0.6) is 0 Å². The Morgan fingerprint density at radius 3 is 2.56 bits per heavy atom. The minimum absolute atomic E-state index is 0.134. The van der Waals surface area contributed by atoms with Crippen LogP contribution in [0.25, 0.3) is 0 Å². The normalized spacial score (nSPS) is 25.9. The first-order chi connectivity index (χ1) is 7.74. The number of carbonyl (C=O) groups excluding carboxylic acids is 1. The van der Waals surface area contributed by atoms with Crippen LogP contribution in [0.4, 0.5) is 0 Å². The predicted octanol–water partition coefficient (Wildman–Crippen LogP) is 2.80. The molecule has 1 aliphatic rings. The summed E-state index contributed by atoms with van der Waals surface area (Å²) in [6.45, 7) is 4.79. The van der Waals surface area contributed by atoms with Crippen LogP contribution in [0.1, 0.15) is 38.3 Å². The maximum Gasteiger partial charge on any atom is 0.146 e. The quantitative estimate of drug-likeness (QED) is 0.776. The molecule has 0 saturated carbocycles. The van der Waals surface area contributed by atoms with Gasteiger partial charge in [0.25, 0.3) is 0 Å². The Bertz CT molecular complexity index is 360. The number of carbonyl (C=O) groups is 1. The lowest BCUT2D eigenvalue weighted by Crippen LogP contribution is -2.36. The smallest absolute Gasteiger partial charge is 0.146 e. The molecular formula is C14H19NO. The van der Waals surface area contributed by atoms with E-state index in [1.807, 2.05) is 6.07 Å². The van der Waals surface area contributed by atoms with Crippen molar-refractivity contribution in [1.82, 2.24) is 4.90 Å². The Morgan fingerprint density at radius 2 is 2.00 bits per heavy atom. The molecule has 16 heavy (non-hydrogen) atoms. The molecule has 2 atom stereocenters. The summed E-state index contributed by atoms with van der Waals surface area (Å²) in [5.74, 6) is 0.306. The third-order valence-corrected chi connectivity index (χ3v) is 3.53. The average molecular weight is 217 g/mol. The molecule has 86 valence electrons. The lowest BCUT2D eigenvalue weighted by atomic mass is 10.0. The van der Waals surface area contributed by atoms with E-state index in [4.69, 9.17) is 0 Å². The number of likely N-dealkylation sites (tertiary alicyclic amines) is 1. The maximum atomic E-state index is 11.6. The number of likely N-dealkylation sites (N-methyl/N-ethyl adjacent to an activating group) is 1. The fraction of sp³-hybridized carbons (Fsp3) is 0.500. The first kappa shape index (κ1) is 11.3. The van der Waals surface area contributed by atoms with Gasteiger partial charge in [-0.15, -0.1) is 0 Å². The van der Waals surface area contributed by atoms with Gasteiger partial charge in [0.2, 0.25) is 0 Å². The van der Waals surface area contributed by atoms with E-state index in [0.29, 0.717) is 11.8 Å². The van der Waals surface area contributed by atoms with Gasteiger partial charge < -0.3 is 0 Å². The zero-order chi connectivity index (χ0) is 11.5. The molecule has 0 spiro atoms. The Hall–Kier alpha value is -1.15. The van der Waals surface area contributed by atoms with Crippen LogP contribution in [0.3, 0.4) is 0 Å². The van der Waals surface area contributed by atoms with Crippen molar-refractivity contribution in [2.45, 2.75) is 38.8 Å². The molecule has 0 N–H and O–H groups in total. The molecule has 1 aromatic carbocycles. The van der Waals surface area contributed by atoms with Crippen LogP contribution in [0.2, 0.25) is 0 Å². The van der Waals surface area contributed by atoms with E-state index >= 15 is 0 Å². The van der Waals surface area contributed by atoms with E-state index < -0.39 is 0 Å². The molecule has 0 aliphatic carbocycles. The van der Waals surface area contributed by atoms with Crippen LogP contribution < -0.4 is 0 Å². The summed E-state index contributed by atoms with van der Waals surface area (Å²) >= 11 is 0. The number of ketones is 1. The largest absolute Gasteiger partial charge is 0.298 e. The Morgan fingerprint density at radius 1 is 1.31 bits per heavy atom. The highest BCUT2D eigenvalue weighted by atomic mass is 16.1. The second-order valence-electron chi connectivity index (χ2n) is 4.46. The van der Waals surface area contributed by atoms with Gasteiger partial charge in [0, 0.05) is 6.04 Å². The third kappa shape index (κ3) is 2.03. The molecule has 1 unspecified atom stereocenters. The van der Waals surface area contributed by atoms with Crippen molar-refractivity contribution in [1.29, 1.82) is 0 Å². The third-order valence-electron chi connectivity index (χ3n) is 3.53. The molecular weight excluding hydrogens is 198 g/mol. The van der Waals surface area contributed by atoms with Crippen molar-refractivity contribution in [2.75, 3.05) is 6.54 Å². The number of hydrogen-bond acceptors (Lipinski definition) is 2. The zero-order valence-electron chi connectivity index (χ0n) is 10.0. The summed E-state index contributed by atoms with van der Waals surface area (Å²) in [4.78, 5) is 13.9. The van der Waals surface area contributed by atoms with Gasteiger partial charge in [-0.1, -0.05) is 37.3 Å². The minimum Gasteiger partial charge on any atom is -0.298 e. The molecule has 0 aromatic heterocycles. The monoisotopic (exact) mass is 217 g/mol. The molecule has 2 nitrogen and oxygen atoms in total. The van der Waals surface area contributed by atoms with Gasteiger partial charge in [-0.05, 0) is 31.9 Å². The number of nitrogens with zero attached hydrogens (tertiary/aromatic N) is 1. The molecule has 2 rings (SSSR count). The predicted molar refractivity (Wildman–Crippen MR) is 65.3 cm³/mol. The van der Waals surface area contributed by atoms with Crippen molar-refractivity contribution >= 4 is 5.78 Å². The van der Waals surface area contributed by atoms with Gasteiger partial charge in [0.15, 0.2) is 0 Å². The molecule has 1 aromatic rings. The van der Waals surface area contributed by atoms with Crippen LogP contribution in [-0.2, 0) is 4.79 Å². The number of benzene rings is 1. The zero-order valence-corrected chi connectivity index (χ0v) is 10.0. The fourth-order valence-electron chi connectivity index (χ4n) is 2.78. The van der Waals surface area contributed by atoms with Crippen LogP contribution in [-0.4, -0.2) is 23.3 Å². The molecule has 1 saturated heterocycles. The van der Waals surface area contributed by atoms with Crippen molar-refractivity contribution in [3.05, 3.63) is 35.9 Å². The first-order valence-corrected chi connectivity index (χ1v) is 6.05. The highest BCUT2D eigenvalue weighted by molar-refractivity contribution is 5.81. The van der Waals surface area contributed by atoms with E-state index in [9.17, 15) is 4.79 Å². The maximum absolute atomic E-state index is 11.6. The molecule has 0 radical (unpaired) electrons. The van der Waals surface area contributed by atoms with Gasteiger partial charge in [-0.25, -0.2) is 0 Å². The standard InChI is InChI=1S/C14H19NO/c1-3-15-13(11(2)16)9-10-14(15)12-7-5-4-6-8-12/h4-8,13-14H,3,9-10H2,1-2H3/t13-,14?/m0/s1. The summed E-state index contributed by atoms with van der Waals surface area (Å²) in [5, 5.41) is 0. The number of Topliss-reactive ketones (excluding diaryl/α,β-unsaturated/α-hetero) is 1. The molecule has 0 amide bonds. The van der Waals surface area contributed by atoms with Gasteiger partial charge in [0.05, 0.1) is 6.04 Å². The van der Waals surface area contributed by atoms with Crippen LogP contribution in [0, 0.1) is 0 Å². The van der Waals surface area contributed by atoms with E-state index in [-0.39, 0.29) is 6.04 Å². The lowest BCUT2D eigenvalue weighted by Gasteiger charge is -2.27. The van der Waals surface area contributed by atoms with E-state index in [2.05, 4.69) is 36.1 Å². The summed E-state index contributed by atoms with van der Waals surface area (Å²) in [6.07, 6.45) is 2.10. The molecule has 2 heteroatoms. The van der Waals surface area contributed by atoms with Crippen LogP contribution in [0.15, 0.2) is 30.3 Å². The summed E-state index contributed by atoms with van der Waals surface area (Å²) < 4.78 is 0. The highest BCUT2D eigenvalue weighted by Gasteiger charge is 2.35. The first-order valence-electron chi connectivity index (χ1n) is 6.05. The lowest BCUT2D eigenvalue weighted by molar-refractivity contribution is -0.121. The second kappa shape index (κ2) is 4.79. The second-order valence-corrected chi connectivity index (χ2v) is 4.46. The van der Waals surface area contributed by atoms with E-state index in [0.717, 1.165) is 19.4 Å². The van der Waals surface area contributed by atoms with Crippen molar-refractivity contribution in [3.8, 4) is 0 Å². The van der Waals surface area contributed by atoms with Gasteiger partial charge in [-0.2, -0.15) is 0 Å². The average Bonchev–Trinajstić information content (AvgIpc) is 2.73. The molecule has 0 bridgehead atoms.